The summed E-state index contributed by atoms with van der Waals surface area (Å²) in [7, 11) is 0. The van der Waals surface area contributed by atoms with Gasteiger partial charge in [0.1, 0.15) is 18.2 Å². The standard InChI is InChI=1S/C16H17FN2O2/c1-2-10-3-6-15(14(18)7-10)21-9-12-5-4-11(16(19)20)8-13(12)17/h3-8H,2,9,18H2,1H3,(H2,19,20). The maximum Gasteiger partial charge on any atom is 0.248 e. The highest BCUT2D eigenvalue weighted by molar-refractivity contribution is 5.92. The lowest BCUT2D eigenvalue weighted by Gasteiger charge is -2.11. The number of halogens is 1. The second-order valence-electron chi connectivity index (χ2n) is 4.68. The highest BCUT2D eigenvalue weighted by atomic mass is 19.1. The molecule has 0 radical (unpaired) electrons. The van der Waals surface area contributed by atoms with E-state index in [2.05, 4.69) is 0 Å². The number of carbonyl (C=O) groups is 1. The molecule has 0 aliphatic carbocycles. The molecular weight excluding hydrogens is 271 g/mol. The maximum absolute atomic E-state index is 13.8. The number of rotatable bonds is 5. The lowest BCUT2D eigenvalue weighted by Crippen LogP contribution is -2.12. The summed E-state index contributed by atoms with van der Waals surface area (Å²) in [5, 5.41) is 0. The van der Waals surface area contributed by atoms with Crippen molar-refractivity contribution in [1.29, 1.82) is 0 Å². The molecule has 110 valence electrons. The van der Waals surface area contributed by atoms with Crippen molar-refractivity contribution in [3.63, 3.8) is 0 Å². The molecule has 5 heteroatoms. The molecule has 2 aromatic carbocycles. The van der Waals surface area contributed by atoms with Crippen molar-refractivity contribution >= 4 is 11.6 Å². The molecule has 4 N–H and O–H groups in total. The first-order valence-electron chi connectivity index (χ1n) is 6.60. The molecule has 0 bridgehead atoms. The molecule has 1 amide bonds. The topological polar surface area (TPSA) is 78.3 Å². The number of aryl methyl sites for hydroxylation is 1. The number of nitrogen functional groups attached to an aromatic ring is 1. The second-order valence-corrected chi connectivity index (χ2v) is 4.68. The Labute approximate surface area is 122 Å². The molecule has 0 aliphatic rings. The van der Waals surface area contributed by atoms with Crippen LogP contribution in [0.2, 0.25) is 0 Å². The van der Waals surface area contributed by atoms with E-state index in [1.54, 1.807) is 6.07 Å². The number of amides is 1. The zero-order valence-corrected chi connectivity index (χ0v) is 11.7. The van der Waals surface area contributed by atoms with Gasteiger partial charge in [0.25, 0.3) is 0 Å². The molecule has 0 saturated carbocycles. The van der Waals surface area contributed by atoms with Gasteiger partial charge in [-0.05, 0) is 36.2 Å². The number of hydrogen-bond donors (Lipinski definition) is 2. The summed E-state index contributed by atoms with van der Waals surface area (Å²) in [4.78, 5) is 11.0. The van der Waals surface area contributed by atoms with Crippen LogP contribution in [0.1, 0.15) is 28.4 Å². The molecule has 21 heavy (non-hydrogen) atoms. The van der Waals surface area contributed by atoms with Crippen LogP contribution in [-0.4, -0.2) is 5.91 Å². The number of primary amides is 1. The Bertz CT molecular complexity index is 671. The normalized spacial score (nSPS) is 10.4. The molecule has 4 nitrogen and oxygen atoms in total. The van der Waals surface area contributed by atoms with Crippen molar-refractivity contribution in [2.45, 2.75) is 20.0 Å². The smallest absolute Gasteiger partial charge is 0.248 e. The van der Waals surface area contributed by atoms with Crippen LogP contribution >= 0.6 is 0 Å². The van der Waals surface area contributed by atoms with Crippen LogP contribution in [-0.2, 0) is 13.0 Å². The maximum atomic E-state index is 13.8. The van der Waals surface area contributed by atoms with Crippen LogP contribution in [0.4, 0.5) is 10.1 Å². The molecule has 0 unspecified atom stereocenters. The predicted molar refractivity (Wildman–Crippen MR) is 79.5 cm³/mol. The molecule has 0 aliphatic heterocycles. The third-order valence-electron chi connectivity index (χ3n) is 3.20. The molecule has 2 aromatic rings. The summed E-state index contributed by atoms with van der Waals surface area (Å²) in [5.41, 5.74) is 13.1. The minimum absolute atomic E-state index is 0.0283. The first-order valence-corrected chi connectivity index (χ1v) is 6.60. The van der Waals surface area contributed by atoms with Gasteiger partial charge < -0.3 is 16.2 Å². The quantitative estimate of drug-likeness (QED) is 0.830. The van der Waals surface area contributed by atoms with Gasteiger partial charge in [0.15, 0.2) is 0 Å². The van der Waals surface area contributed by atoms with Crippen LogP contribution in [0.25, 0.3) is 0 Å². The Morgan fingerprint density at radius 2 is 2.00 bits per heavy atom. The van der Waals surface area contributed by atoms with Gasteiger partial charge in [-0.3, -0.25) is 4.79 Å². The van der Waals surface area contributed by atoms with Crippen molar-refractivity contribution in [3.8, 4) is 5.75 Å². The lowest BCUT2D eigenvalue weighted by molar-refractivity contribution is 0.0999. The van der Waals surface area contributed by atoms with E-state index >= 15 is 0 Å². The highest BCUT2D eigenvalue weighted by Crippen LogP contribution is 2.24. The first kappa shape index (κ1) is 14.8. The lowest BCUT2D eigenvalue weighted by atomic mass is 10.1. The molecule has 2 rings (SSSR count). The molecule has 0 spiro atoms. The molecule has 0 atom stereocenters. The van der Waals surface area contributed by atoms with Crippen molar-refractivity contribution < 1.29 is 13.9 Å². The van der Waals surface area contributed by atoms with E-state index in [0.717, 1.165) is 18.1 Å². The summed E-state index contributed by atoms with van der Waals surface area (Å²) in [6, 6.07) is 9.56. The third-order valence-corrected chi connectivity index (χ3v) is 3.20. The molecular formula is C16H17FN2O2. The largest absolute Gasteiger partial charge is 0.487 e. The fourth-order valence-corrected chi connectivity index (χ4v) is 1.92. The molecule has 0 heterocycles. The Kier molecular flexibility index (Phi) is 4.42. The SMILES string of the molecule is CCc1ccc(OCc2ccc(C(N)=O)cc2F)c(N)c1. The summed E-state index contributed by atoms with van der Waals surface area (Å²) in [6.45, 7) is 2.06. The van der Waals surface area contributed by atoms with Crippen LogP contribution in [0.5, 0.6) is 5.75 Å². The van der Waals surface area contributed by atoms with E-state index in [1.165, 1.54) is 12.1 Å². The number of nitrogens with two attached hydrogens (primary N) is 2. The van der Waals surface area contributed by atoms with Gasteiger partial charge in [-0.15, -0.1) is 0 Å². The van der Waals surface area contributed by atoms with Crippen LogP contribution in [0.15, 0.2) is 36.4 Å². The average Bonchev–Trinajstić information content (AvgIpc) is 2.46. The summed E-state index contributed by atoms with van der Waals surface area (Å²) >= 11 is 0. The zero-order valence-electron chi connectivity index (χ0n) is 11.7. The number of carbonyl (C=O) groups excluding carboxylic acids is 1. The van der Waals surface area contributed by atoms with E-state index in [4.69, 9.17) is 16.2 Å². The average molecular weight is 288 g/mol. The van der Waals surface area contributed by atoms with E-state index in [0.29, 0.717) is 17.0 Å². The predicted octanol–water partition coefficient (Wildman–Crippen LogP) is 2.65. The Balaban J connectivity index is 2.11. The summed E-state index contributed by atoms with van der Waals surface area (Å²) < 4.78 is 19.3. The summed E-state index contributed by atoms with van der Waals surface area (Å²) in [6.07, 6.45) is 0.883. The Morgan fingerprint density at radius 1 is 1.24 bits per heavy atom. The van der Waals surface area contributed by atoms with E-state index in [1.807, 2.05) is 19.1 Å². The number of benzene rings is 2. The van der Waals surface area contributed by atoms with Gasteiger partial charge in [0, 0.05) is 11.1 Å². The van der Waals surface area contributed by atoms with E-state index in [-0.39, 0.29) is 12.2 Å². The fourth-order valence-electron chi connectivity index (χ4n) is 1.92. The number of anilines is 1. The van der Waals surface area contributed by atoms with Gasteiger partial charge in [-0.25, -0.2) is 4.39 Å². The first-order chi connectivity index (χ1) is 10.0. The van der Waals surface area contributed by atoms with E-state index in [9.17, 15) is 9.18 Å². The number of ether oxygens (including phenoxy) is 1. The number of hydrogen-bond acceptors (Lipinski definition) is 3. The van der Waals surface area contributed by atoms with Crippen LogP contribution in [0.3, 0.4) is 0 Å². The van der Waals surface area contributed by atoms with Crippen LogP contribution in [0, 0.1) is 5.82 Å². The highest BCUT2D eigenvalue weighted by Gasteiger charge is 2.09. The van der Waals surface area contributed by atoms with Gasteiger partial charge in [0.05, 0.1) is 5.69 Å². The minimum Gasteiger partial charge on any atom is -0.487 e. The van der Waals surface area contributed by atoms with Crippen molar-refractivity contribution in [2.75, 3.05) is 5.73 Å². The van der Waals surface area contributed by atoms with Gasteiger partial charge in [-0.2, -0.15) is 0 Å². The molecule has 0 saturated heterocycles. The minimum atomic E-state index is -0.666. The zero-order chi connectivity index (χ0) is 15.4. The van der Waals surface area contributed by atoms with E-state index < -0.39 is 11.7 Å². The Morgan fingerprint density at radius 3 is 2.57 bits per heavy atom. The third kappa shape index (κ3) is 3.51. The fraction of sp³-hybridized carbons (Fsp3) is 0.188. The second kappa shape index (κ2) is 6.26. The van der Waals surface area contributed by atoms with Crippen molar-refractivity contribution in [1.82, 2.24) is 0 Å². The van der Waals surface area contributed by atoms with Crippen LogP contribution < -0.4 is 16.2 Å². The van der Waals surface area contributed by atoms with Crippen molar-refractivity contribution in [2.24, 2.45) is 5.73 Å². The van der Waals surface area contributed by atoms with Crippen molar-refractivity contribution in [3.05, 3.63) is 58.9 Å². The Hall–Kier alpha value is -2.56. The molecule has 0 aromatic heterocycles. The van der Waals surface area contributed by atoms with Gasteiger partial charge in [0.2, 0.25) is 5.91 Å². The molecule has 0 fully saturated rings. The van der Waals surface area contributed by atoms with Gasteiger partial charge >= 0.3 is 0 Å². The monoisotopic (exact) mass is 288 g/mol. The van der Waals surface area contributed by atoms with Gasteiger partial charge in [-0.1, -0.05) is 19.1 Å². The summed E-state index contributed by atoms with van der Waals surface area (Å²) in [5.74, 6) is -0.693.